The van der Waals surface area contributed by atoms with Gasteiger partial charge in [-0.1, -0.05) is 18.2 Å². The largest absolute Gasteiger partial charge is 0.507 e. The Morgan fingerprint density at radius 2 is 1.95 bits per heavy atom. The molecule has 1 aromatic heterocycles. The molecule has 0 aliphatic rings. The summed E-state index contributed by atoms with van der Waals surface area (Å²) in [6.07, 6.45) is 3.13. The first-order chi connectivity index (χ1) is 9.74. The van der Waals surface area contributed by atoms with Gasteiger partial charge in [0.15, 0.2) is 0 Å². The van der Waals surface area contributed by atoms with E-state index in [9.17, 15) is 9.50 Å². The van der Waals surface area contributed by atoms with Crippen LogP contribution in [0.4, 0.5) is 10.1 Å². The molecule has 3 nitrogen and oxygen atoms in total. The number of phenols is 1. The van der Waals surface area contributed by atoms with Gasteiger partial charge in [-0.2, -0.15) is 0 Å². The summed E-state index contributed by atoms with van der Waals surface area (Å²) in [5.74, 6) is -0.427. The van der Waals surface area contributed by atoms with E-state index in [1.807, 2.05) is 30.3 Å². The third-order valence-corrected chi connectivity index (χ3v) is 2.94. The van der Waals surface area contributed by atoms with E-state index in [0.717, 1.165) is 10.9 Å². The van der Waals surface area contributed by atoms with E-state index >= 15 is 0 Å². The molecule has 0 bridgehead atoms. The number of fused-ring (bicyclic) bond motifs is 1. The molecule has 0 aliphatic carbocycles. The molecule has 3 aromatic rings. The third kappa shape index (κ3) is 2.36. The summed E-state index contributed by atoms with van der Waals surface area (Å²) in [4.78, 5) is 8.58. The SMILES string of the molecule is Oc1ccc(F)cc1C=Nc1cccc2cccnc12. The Hall–Kier alpha value is -2.75. The van der Waals surface area contributed by atoms with Gasteiger partial charge in [-0.15, -0.1) is 0 Å². The zero-order chi connectivity index (χ0) is 13.9. The number of aliphatic imine (C=N–C) groups is 1. The summed E-state index contributed by atoms with van der Waals surface area (Å²) >= 11 is 0. The second-order valence-electron chi connectivity index (χ2n) is 4.31. The fraction of sp³-hybridized carbons (Fsp3) is 0. The highest BCUT2D eigenvalue weighted by Crippen LogP contribution is 2.24. The van der Waals surface area contributed by atoms with Crippen LogP contribution in [0.3, 0.4) is 0 Å². The van der Waals surface area contributed by atoms with Crippen LogP contribution in [-0.2, 0) is 0 Å². The normalized spacial score (nSPS) is 11.2. The lowest BCUT2D eigenvalue weighted by atomic mass is 10.2. The molecule has 0 saturated heterocycles. The van der Waals surface area contributed by atoms with Gasteiger partial charge in [-0.05, 0) is 30.3 Å². The van der Waals surface area contributed by atoms with E-state index in [-0.39, 0.29) is 5.75 Å². The van der Waals surface area contributed by atoms with Crippen LogP contribution in [0.25, 0.3) is 10.9 Å². The first-order valence-electron chi connectivity index (χ1n) is 6.10. The van der Waals surface area contributed by atoms with Crippen molar-refractivity contribution < 1.29 is 9.50 Å². The van der Waals surface area contributed by atoms with E-state index in [1.54, 1.807) is 6.20 Å². The van der Waals surface area contributed by atoms with Crippen molar-refractivity contribution >= 4 is 22.8 Å². The van der Waals surface area contributed by atoms with Gasteiger partial charge in [0.2, 0.25) is 0 Å². The van der Waals surface area contributed by atoms with E-state index in [2.05, 4.69) is 9.98 Å². The number of benzene rings is 2. The summed E-state index contributed by atoms with van der Waals surface area (Å²) in [7, 11) is 0. The number of hydrogen-bond donors (Lipinski definition) is 1. The van der Waals surface area contributed by atoms with Crippen molar-refractivity contribution in [3.8, 4) is 5.75 Å². The molecule has 98 valence electrons. The highest BCUT2D eigenvalue weighted by molar-refractivity contribution is 5.93. The minimum absolute atomic E-state index is 0.0108. The number of pyridine rings is 1. The fourth-order valence-electron chi connectivity index (χ4n) is 1.96. The van der Waals surface area contributed by atoms with Crippen LogP contribution in [0.15, 0.2) is 59.7 Å². The van der Waals surface area contributed by atoms with E-state index in [1.165, 1.54) is 24.4 Å². The second-order valence-corrected chi connectivity index (χ2v) is 4.31. The minimum atomic E-state index is -0.416. The number of para-hydroxylation sites is 1. The van der Waals surface area contributed by atoms with Crippen LogP contribution in [0.5, 0.6) is 5.75 Å². The van der Waals surface area contributed by atoms with Crippen molar-refractivity contribution in [1.29, 1.82) is 0 Å². The van der Waals surface area contributed by atoms with Crippen molar-refractivity contribution in [2.75, 3.05) is 0 Å². The maximum atomic E-state index is 13.1. The molecule has 0 unspecified atom stereocenters. The second kappa shape index (κ2) is 5.09. The standard InChI is InChI=1S/C16H11FN2O/c17-13-6-7-15(20)12(9-13)10-19-14-5-1-3-11-4-2-8-18-16(11)14/h1-10,20H. The van der Waals surface area contributed by atoms with Gasteiger partial charge in [0.25, 0.3) is 0 Å². The minimum Gasteiger partial charge on any atom is -0.507 e. The van der Waals surface area contributed by atoms with Crippen LogP contribution in [-0.4, -0.2) is 16.3 Å². The molecule has 0 atom stereocenters. The molecule has 0 amide bonds. The van der Waals surface area contributed by atoms with Gasteiger partial charge in [0, 0.05) is 23.4 Å². The number of halogens is 1. The molecule has 2 aromatic carbocycles. The Morgan fingerprint density at radius 1 is 1.10 bits per heavy atom. The first-order valence-corrected chi connectivity index (χ1v) is 6.10. The highest BCUT2D eigenvalue weighted by atomic mass is 19.1. The maximum Gasteiger partial charge on any atom is 0.124 e. The zero-order valence-electron chi connectivity index (χ0n) is 10.5. The number of rotatable bonds is 2. The molecule has 0 saturated carbocycles. The lowest BCUT2D eigenvalue weighted by Crippen LogP contribution is -1.85. The van der Waals surface area contributed by atoms with Crippen molar-refractivity contribution in [3.05, 3.63) is 66.1 Å². The zero-order valence-corrected chi connectivity index (χ0v) is 10.5. The van der Waals surface area contributed by atoms with Crippen LogP contribution in [0, 0.1) is 5.82 Å². The van der Waals surface area contributed by atoms with Crippen molar-refractivity contribution in [1.82, 2.24) is 4.98 Å². The Morgan fingerprint density at radius 3 is 2.85 bits per heavy atom. The molecule has 3 rings (SSSR count). The Kier molecular flexibility index (Phi) is 3.13. The van der Waals surface area contributed by atoms with Crippen molar-refractivity contribution in [3.63, 3.8) is 0 Å². The first kappa shape index (κ1) is 12.3. The quantitative estimate of drug-likeness (QED) is 0.716. The van der Waals surface area contributed by atoms with E-state index in [4.69, 9.17) is 0 Å². The van der Waals surface area contributed by atoms with Crippen LogP contribution >= 0.6 is 0 Å². The lowest BCUT2D eigenvalue weighted by Gasteiger charge is -2.01. The maximum absolute atomic E-state index is 13.1. The molecular weight excluding hydrogens is 255 g/mol. The van der Waals surface area contributed by atoms with Gasteiger partial charge in [-0.3, -0.25) is 9.98 Å². The average molecular weight is 266 g/mol. The molecular formula is C16H11FN2O. The Balaban J connectivity index is 2.05. The molecule has 1 N–H and O–H groups in total. The number of aromatic hydroxyl groups is 1. The monoisotopic (exact) mass is 266 g/mol. The van der Waals surface area contributed by atoms with Crippen LogP contribution < -0.4 is 0 Å². The predicted molar refractivity (Wildman–Crippen MR) is 77.1 cm³/mol. The average Bonchev–Trinajstić information content (AvgIpc) is 2.48. The van der Waals surface area contributed by atoms with Crippen molar-refractivity contribution in [2.45, 2.75) is 0 Å². The third-order valence-electron chi connectivity index (χ3n) is 2.94. The van der Waals surface area contributed by atoms with Crippen molar-refractivity contribution in [2.24, 2.45) is 4.99 Å². The Labute approximate surface area is 115 Å². The van der Waals surface area contributed by atoms with Gasteiger partial charge in [-0.25, -0.2) is 4.39 Å². The molecule has 0 spiro atoms. The molecule has 0 aliphatic heterocycles. The molecule has 0 radical (unpaired) electrons. The highest BCUT2D eigenvalue weighted by Gasteiger charge is 2.02. The number of hydrogen-bond acceptors (Lipinski definition) is 3. The summed E-state index contributed by atoms with van der Waals surface area (Å²) in [5, 5.41) is 10.6. The summed E-state index contributed by atoms with van der Waals surface area (Å²) in [6.45, 7) is 0. The fourth-order valence-corrected chi connectivity index (χ4v) is 1.96. The van der Waals surface area contributed by atoms with E-state index in [0.29, 0.717) is 11.3 Å². The predicted octanol–water partition coefficient (Wildman–Crippen LogP) is 3.83. The molecule has 0 fully saturated rings. The summed E-state index contributed by atoms with van der Waals surface area (Å²) in [5.41, 5.74) is 1.77. The number of nitrogens with zero attached hydrogens (tertiary/aromatic N) is 2. The molecule has 1 heterocycles. The van der Waals surface area contributed by atoms with Gasteiger partial charge >= 0.3 is 0 Å². The summed E-state index contributed by atoms with van der Waals surface area (Å²) < 4.78 is 13.1. The summed E-state index contributed by atoms with van der Waals surface area (Å²) in [6, 6.07) is 13.2. The van der Waals surface area contributed by atoms with Gasteiger partial charge in [0.05, 0.1) is 11.2 Å². The molecule has 4 heteroatoms. The Bertz CT molecular complexity index is 794. The van der Waals surface area contributed by atoms with Gasteiger partial charge in [0.1, 0.15) is 11.6 Å². The van der Waals surface area contributed by atoms with Crippen LogP contribution in [0.1, 0.15) is 5.56 Å². The number of phenolic OH excluding ortho intramolecular Hbond substituents is 1. The van der Waals surface area contributed by atoms with E-state index < -0.39 is 5.82 Å². The smallest absolute Gasteiger partial charge is 0.124 e. The topological polar surface area (TPSA) is 45.5 Å². The molecule has 20 heavy (non-hydrogen) atoms. The number of aromatic nitrogens is 1. The lowest BCUT2D eigenvalue weighted by molar-refractivity contribution is 0.472. The van der Waals surface area contributed by atoms with Gasteiger partial charge < -0.3 is 5.11 Å². The van der Waals surface area contributed by atoms with Crippen LogP contribution in [0.2, 0.25) is 0 Å².